The van der Waals surface area contributed by atoms with Crippen molar-refractivity contribution in [3.05, 3.63) is 28.8 Å². The van der Waals surface area contributed by atoms with Gasteiger partial charge in [-0.25, -0.2) is 0 Å². The molecule has 0 fully saturated rings. The van der Waals surface area contributed by atoms with Crippen molar-refractivity contribution in [2.75, 3.05) is 11.9 Å². The highest BCUT2D eigenvalue weighted by Crippen LogP contribution is 2.19. The molecule has 0 atom stereocenters. The molecule has 1 aromatic carbocycles. The molecule has 0 saturated carbocycles. The smallest absolute Gasteiger partial charge is 0.101 e. The molecule has 1 rings (SSSR count). The van der Waals surface area contributed by atoms with Gasteiger partial charge in [0.1, 0.15) is 6.07 Å². The molecule has 0 unspecified atom stereocenters. The lowest BCUT2D eigenvalue weighted by Gasteiger charge is -2.05. The van der Waals surface area contributed by atoms with Crippen LogP contribution in [-0.2, 0) is 0 Å². The number of nitriles is 2. The summed E-state index contributed by atoms with van der Waals surface area (Å²) in [6.45, 7) is 0.732. The quantitative estimate of drug-likeness (QED) is 0.792. The van der Waals surface area contributed by atoms with Crippen LogP contribution in [0.4, 0.5) is 5.69 Å². The van der Waals surface area contributed by atoms with Crippen molar-refractivity contribution < 1.29 is 0 Å². The number of unbranched alkanes of at least 4 members (excludes halogenated alkanes) is 1. The van der Waals surface area contributed by atoms with Gasteiger partial charge in [0.2, 0.25) is 0 Å². The molecule has 1 N–H and O–H groups in total. The summed E-state index contributed by atoms with van der Waals surface area (Å²) in [5.74, 6) is 0. The number of nitrogens with zero attached hydrogens (tertiary/aromatic N) is 2. The minimum Gasteiger partial charge on any atom is -0.385 e. The molecular formula is C11H10ClN3. The lowest BCUT2D eigenvalue weighted by molar-refractivity contribution is 0.897. The Balaban J connectivity index is 2.54. The predicted octanol–water partition coefficient (Wildman–Crippen LogP) is 2.93. The van der Waals surface area contributed by atoms with Crippen LogP contribution in [0.25, 0.3) is 0 Å². The molecule has 0 aliphatic carbocycles. The van der Waals surface area contributed by atoms with Crippen LogP contribution in [-0.4, -0.2) is 6.54 Å². The molecule has 0 bridgehead atoms. The number of benzene rings is 1. The van der Waals surface area contributed by atoms with Crippen LogP contribution in [0.15, 0.2) is 18.2 Å². The fourth-order valence-electron chi connectivity index (χ4n) is 1.12. The summed E-state index contributed by atoms with van der Waals surface area (Å²) in [7, 11) is 0. The number of hydrogen-bond donors (Lipinski definition) is 1. The van der Waals surface area contributed by atoms with Crippen LogP contribution in [0.3, 0.4) is 0 Å². The summed E-state index contributed by atoms with van der Waals surface area (Å²) in [6.07, 6.45) is 1.34. The van der Waals surface area contributed by atoms with E-state index in [1.54, 1.807) is 18.2 Å². The van der Waals surface area contributed by atoms with Gasteiger partial charge < -0.3 is 5.32 Å². The number of rotatable bonds is 4. The second-order valence-corrected chi connectivity index (χ2v) is 3.40. The number of hydrogen-bond acceptors (Lipinski definition) is 3. The fraction of sp³-hybridized carbons (Fsp3) is 0.273. The van der Waals surface area contributed by atoms with E-state index in [0.717, 1.165) is 18.7 Å². The molecule has 0 heterocycles. The highest BCUT2D eigenvalue weighted by molar-refractivity contribution is 6.32. The van der Waals surface area contributed by atoms with E-state index >= 15 is 0 Å². The van der Waals surface area contributed by atoms with Gasteiger partial charge in [-0.2, -0.15) is 10.5 Å². The second kappa shape index (κ2) is 5.90. The van der Waals surface area contributed by atoms with Gasteiger partial charge in [0.05, 0.1) is 16.7 Å². The van der Waals surface area contributed by atoms with Crippen molar-refractivity contribution >= 4 is 17.3 Å². The second-order valence-electron chi connectivity index (χ2n) is 2.99. The Bertz CT molecular complexity index is 415. The minimum absolute atomic E-state index is 0.447. The van der Waals surface area contributed by atoms with E-state index in [1.165, 1.54) is 0 Å². The van der Waals surface area contributed by atoms with Gasteiger partial charge in [0.25, 0.3) is 0 Å². The van der Waals surface area contributed by atoms with Gasteiger partial charge in [-0.1, -0.05) is 11.6 Å². The normalized spacial score (nSPS) is 9.00. The maximum atomic E-state index is 8.66. The zero-order valence-corrected chi connectivity index (χ0v) is 8.88. The third-order valence-corrected chi connectivity index (χ3v) is 2.20. The zero-order valence-electron chi connectivity index (χ0n) is 8.13. The molecule has 0 saturated heterocycles. The van der Waals surface area contributed by atoms with Gasteiger partial charge in [0, 0.05) is 18.7 Å². The van der Waals surface area contributed by atoms with Gasteiger partial charge in [-0.05, 0) is 24.6 Å². The third-order valence-electron chi connectivity index (χ3n) is 1.88. The van der Waals surface area contributed by atoms with Crippen molar-refractivity contribution in [3.8, 4) is 12.1 Å². The molecule has 4 heteroatoms. The molecule has 0 spiro atoms. The Morgan fingerprint density at radius 3 is 2.73 bits per heavy atom. The molecule has 0 aliphatic heterocycles. The Kier molecular flexibility index (Phi) is 4.47. The highest BCUT2D eigenvalue weighted by Gasteiger charge is 1.99. The maximum absolute atomic E-state index is 8.66. The number of nitrogens with one attached hydrogen (secondary N) is 1. The summed E-state index contributed by atoms with van der Waals surface area (Å²) in [5.41, 5.74) is 1.34. The largest absolute Gasteiger partial charge is 0.385 e. The van der Waals surface area contributed by atoms with E-state index in [2.05, 4.69) is 11.4 Å². The lowest BCUT2D eigenvalue weighted by Crippen LogP contribution is -2.00. The van der Waals surface area contributed by atoms with Crippen LogP contribution in [0.2, 0.25) is 5.02 Å². The van der Waals surface area contributed by atoms with Crippen LogP contribution >= 0.6 is 11.6 Å². The Morgan fingerprint density at radius 1 is 1.33 bits per heavy atom. The van der Waals surface area contributed by atoms with Crippen LogP contribution in [0, 0.1) is 22.7 Å². The highest BCUT2D eigenvalue weighted by atomic mass is 35.5. The van der Waals surface area contributed by atoms with Crippen molar-refractivity contribution in [3.63, 3.8) is 0 Å². The topological polar surface area (TPSA) is 59.6 Å². The first-order chi connectivity index (χ1) is 7.27. The van der Waals surface area contributed by atoms with E-state index in [0.29, 0.717) is 17.0 Å². The van der Waals surface area contributed by atoms with Gasteiger partial charge in [0.15, 0.2) is 0 Å². The first-order valence-corrected chi connectivity index (χ1v) is 4.96. The van der Waals surface area contributed by atoms with Gasteiger partial charge in [-0.3, -0.25) is 0 Å². The Labute approximate surface area is 93.9 Å². The summed E-state index contributed by atoms with van der Waals surface area (Å²) in [4.78, 5) is 0. The Hall–Kier alpha value is -1.71. The molecular weight excluding hydrogens is 210 g/mol. The average Bonchev–Trinajstić information content (AvgIpc) is 2.25. The molecule has 0 radical (unpaired) electrons. The molecule has 1 aromatic rings. The summed E-state index contributed by atoms with van der Waals surface area (Å²) in [5, 5.41) is 20.6. The molecule has 0 amide bonds. The maximum Gasteiger partial charge on any atom is 0.101 e. The molecule has 76 valence electrons. The molecule has 3 nitrogen and oxygen atoms in total. The van der Waals surface area contributed by atoms with E-state index < -0.39 is 0 Å². The van der Waals surface area contributed by atoms with E-state index in [-0.39, 0.29) is 0 Å². The van der Waals surface area contributed by atoms with Crippen LogP contribution in [0.5, 0.6) is 0 Å². The first-order valence-electron chi connectivity index (χ1n) is 4.58. The predicted molar refractivity (Wildman–Crippen MR) is 59.5 cm³/mol. The lowest BCUT2D eigenvalue weighted by atomic mass is 10.2. The zero-order chi connectivity index (χ0) is 11.1. The standard InChI is InChI=1S/C11H10ClN3/c12-11-7-10(4-3-9(11)8-14)15-6-2-1-5-13/h3-4,7,15H,1-2,6H2. The molecule has 0 aliphatic rings. The Morgan fingerprint density at radius 2 is 2.13 bits per heavy atom. The van der Waals surface area contributed by atoms with Crippen molar-refractivity contribution in [1.29, 1.82) is 10.5 Å². The summed E-state index contributed by atoms with van der Waals surface area (Å²) < 4.78 is 0. The fourth-order valence-corrected chi connectivity index (χ4v) is 1.34. The average molecular weight is 220 g/mol. The van der Waals surface area contributed by atoms with Crippen molar-refractivity contribution in [1.82, 2.24) is 0 Å². The SMILES string of the molecule is N#CCCCNc1ccc(C#N)c(Cl)c1. The van der Waals surface area contributed by atoms with Crippen molar-refractivity contribution in [2.45, 2.75) is 12.8 Å². The number of anilines is 1. The number of halogens is 1. The molecule has 0 aromatic heterocycles. The van der Waals surface area contributed by atoms with E-state index in [9.17, 15) is 0 Å². The monoisotopic (exact) mass is 219 g/mol. The van der Waals surface area contributed by atoms with Gasteiger partial charge in [-0.15, -0.1) is 0 Å². The van der Waals surface area contributed by atoms with Crippen molar-refractivity contribution in [2.24, 2.45) is 0 Å². The summed E-state index contributed by atoms with van der Waals surface area (Å²) in [6, 6.07) is 9.26. The van der Waals surface area contributed by atoms with E-state index in [4.69, 9.17) is 22.1 Å². The van der Waals surface area contributed by atoms with E-state index in [1.807, 2.05) is 6.07 Å². The minimum atomic E-state index is 0.447. The first kappa shape index (κ1) is 11.4. The van der Waals surface area contributed by atoms with Crippen LogP contribution in [0.1, 0.15) is 18.4 Å². The molecule has 15 heavy (non-hydrogen) atoms. The summed E-state index contributed by atoms with van der Waals surface area (Å²) >= 11 is 5.85. The van der Waals surface area contributed by atoms with Crippen LogP contribution < -0.4 is 5.32 Å². The third kappa shape index (κ3) is 3.50. The van der Waals surface area contributed by atoms with Gasteiger partial charge >= 0.3 is 0 Å².